The Labute approximate surface area is 126 Å². The molecular formula is C15H23ClN2O2. The van der Waals surface area contributed by atoms with E-state index in [1.54, 1.807) is 7.11 Å². The van der Waals surface area contributed by atoms with Crippen molar-refractivity contribution in [3.63, 3.8) is 0 Å². The molecular weight excluding hydrogens is 276 g/mol. The summed E-state index contributed by atoms with van der Waals surface area (Å²) < 4.78 is 4.91. The van der Waals surface area contributed by atoms with Crippen LogP contribution in [0.5, 0.6) is 0 Å². The molecule has 0 unspecified atom stereocenters. The van der Waals surface area contributed by atoms with Gasteiger partial charge in [0.2, 0.25) is 5.91 Å². The summed E-state index contributed by atoms with van der Waals surface area (Å²) in [6.07, 6.45) is 2.10. The van der Waals surface area contributed by atoms with Gasteiger partial charge in [-0.05, 0) is 24.3 Å². The van der Waals surface area contributed by atoms with Gasteiger partial charge in [-0.15, -0.1) is 12.4 Å². The van der Waals surface area contributed by atoms with E-state index >= 15 is 0 Å². The smallest absolute Gasteiger partial charge is 0.234 e. The van der Waals surface area contributed by atoms with Crippen LogP contribution in [0.1, 0.15) is 24.3 Å². The number of methoxy groups -OCH3 is 1. The molecule has 0 aliphatic heterocycles. The number of hydrogen-bond acceptors (Lipinski definition) is 3. The van der Waals surface area contributed by atoms with Crippen molar-refractivity contribution >= 4 is 18.3 Å². The number of rotatable bonds is 7. The predicted octanol–water partition coefficient (Wildman–Crippen LogP) is 1.71. The normalized spacial score (nSPS) is 20.6. The summed E-state index contributed by atoms with van der Waals surface area (Å²) in [6, 6.07) is 10.8. The van der Waals surface area contributed by atoms with E-state index < -0.39 is 0 Å². The SMILES string of the molecule is COCCNCC(=O)NC1CC(c2ccccc2)C1.Cl. The second kappa shape index (κ2) is 8.95. The lowest BCUT2D eigenvalue weighted by Gasteiger charge is -2.36. The van der Waals surface area contributed by atoms with E-state index in [0.29, 0.717) is 31.7 Å². The van der Waals surface area contributed by atoms with Crippen LogP contribution < -0.4 is 10.6 Å². The Morgan fingerprint density at radius 2 is 2.00 bits per heavy atom. The number of carbonyl (C=O) groups excluding carboxylic acids is 1. The summed E-state index contributed by atoms with van der Waals surface area (Å²) in [5.74, 6) is 0.681. The van der Waals surface area contributed by atoms with Crippen molar-refractivity contribution in [3.8, 4) is 0 Å². The van der Waals surface area contributed by atoms with Gasteiger partial charge in [-0.2, -0.15) is 0 Å². The Morgan fingerprint density at radius 3 is 2.65 bits per heavy atom. The first kappa shape index (κ1) is 17.0. The van der Waals surface area contributed by atoms with Crippen molar-refractivity contribution in [1.29, 1.82) is 0 Å². The molecule has 5 heteroatoms. The Hall–Kier alpha value is -1.10. The number of hydrogen-bond donors (Lipinski definition) is 2. The largest absolute Gasteiger partial charge is 0.383 e. The number of nitrogens with one attached hydrogen (secondary N) is 2. The third-order valence-corrected chi connectivity index (χ3v) is 3.54. The standard InChI is InChI=1S/C15H22N2O2.ClH/c1-19-8-7-16-11-15(18)17-14-9-13(10-14)12-5-3-2-4-6-12;/h2-6,13-14,16H,7-11H2,1H3,(H,17,18);1H. The van der Waals surface area contributed by atoms with Crippen molar-refractivity contribution in [2.24, 2.45) is 0 Å². The highest BCUT2D eigenvalue weighted by molar-refractivity contribution is 5.85. The summed E-state index contributed by atoms with van der Waals surface area (Å²) >= 11 is 0. The maximum absolute atomic E-state index is 11.6. The van der Waals surface area contributed by atoms with Crippen LogP contribution in [0, 0.1) is 0 Å². The minimum absolute atomic E-state index is 0. The van der Waals surface area contributed by atoms with Crippen LogP contribution in [0.2, 0.25) is 0 Å². The number of carbonyl (C=O) groups is 1. The molecule has 1 amide bonds. The van der Waals surface area contributed by atoms with Gasteiger partial charge in [-0.1, -0.05) is 30.3 Å². The molecule has 112 valence electrons. The highest BCUT2D eigenvalue weighted by Gasteiger charge is 2.30. The van der Waals surface area contributed by atoms with Gasteiger partial charge in [0.05, 0.1) is 13.2 Å². The Bertz CT molecular complexity index is 394. The number of ether oxygens (including phenoxy) is 1. The molecule has 0 saturated heterocycles. The van der Waals surface area contributed by atoms with Gasteiger partial charge in [-0.3, -0.25) is 4.79 Å². The van der Waals surface area contributed by atoms with Crippen LogP contribution in [-0.4, -0.2) is 38.8 Å². The van der Waals surface area contributed by atoms with E-state index in [9.17, 15) is 4.79 Å². The van der Waals surface area contributed by atoms with E-state index in [0.717, 1.165) is 12.8 Å². The second-order valence-corrected chi connectivity index (χ2v) is 5.01. The first-order chi connectivity index (χ1) is 9.29. The third-order valence-electron chi connectivity index (χ3n) is 3.54. The molecule has 0 radical (unpaired) electrons. The maximum atomic E-state index is 11.6. The van der Waals surface area contributed by atoms with Crippen LogP contribution in [0.25, 0.3) is 0 Å². The lowest BCUT2D eigenvalue weighted by Crippen LogP contribution is -2.46. The van der Waals surface area contributed by atoms with Crippen molar-refractivity contribution in [1.82, 2.24) is 10.6 Å². The zero-order valence-electron chi connectivity index (χ0n) is 11.8. The molecule has 2 rings (SSSR count). The van der Waals surface area contributed by atoms with Crippen LogP contribution >= 0.6 is 12.4 Å². The Balaban J connectivity index is 0.00000200. The first-order valence-electron chi connectivity index (χ1n) is 6.83. The van der Waals surface area contributed by atoms with Gasteiger partial charge in [0.15, 0.2) is 0 Å². The van der Waals surface area contributed by atoms with Crippen LogP contribution in [-0.2, 0) is 9.53 Å². The van der Waals surface area contributed by atoms with Crippen molar-refractivity contribution in [2.75, 3.05) is 26.8 Å². The van der Waals surface area contributed by atoms with Gasteiger partial charge in [-0.25, -0.2) is 0 Å². The predicted molar refractivity (Wildman–Crippen MR) is 82.3 cm³/mol. The molecule has 1 aromatic rings. The molecule has 0 atom stereocenters. The fourth-order valence-electron chi connectivity index (χ4n) is 2.39. The number of benzene rings is 1. The molecule has 2 N–H and O–H groups in total. The van der Waals surface area contributed by atoms with E-state index in [-0.39, 0.29) is 18.3 Å². The molecule has 1 aliphatic carbocycles. The molecule has 0 bridgehead atoms. The lowest BCUT2D eigenvalue weighted by atomic mass is 9.76. The number of halogens is 1. The molecule has 0 aromatic heterocycles. The van der Waals surface area contributed by atoms with Crippen LogP contribution in [0.15, 0.2) is 30.3 Å². The van der Waals surface area contributed by atoms with E-state index in [1.807, 2.05) is 6.07 Å². The molecule has 1 saturated carbocycles. The van der Waals surface area contributed by atoms with E-state index in [1.165, 1.54) is 5.56 Å². The van der Waals surface area contributed by atoms with Gasteiger partial charge in [0.1, 0.15) is 0 Å². The topological polar surface area (TPSA) is 50.4 Å². The maximum Gasteiger partial charge on any atom is 0.234 e. The fraction of sp³-hybridized carbons (Fsp3) is 0.533. The van der Waals surface area contributed by atoms with Gasteiger partial charge in [0.25, 0.3) is 0 Å². The summed E-state index contributed by atoms with van der Waals surface area (Å²) in [5, 5.41) is 6.10. The monoisotopic (exact) mass is 298 g/mol. The number of amides is 1. The molecule has 20 heavy (non-hydrogen) atoms. The zero-order chi connectivity index (χ0) is 13.5. The van der Waals surface area contributed by atoms with Crippen molar-refractivity contribution < 1.29 is 9.53 Å². The van der Waals surface area contributed by atoms with Gasteiger partial charge >= 0.3 is 0 Å². The molecule has 0 heterocycles. The Kier molecular flexibility index (Phi) is 7.59. The summed E-state index contributed by atoms with van der Waals surface area (Å²) in [6.45, 7) is 1.71. The quantitative estimate of drug-likeness (QED) is 0.754. The summed E-state index contributed by atoms with van der Waals surface area (Å²) in [4.78, 5) is 11.6. The van der Waals surface area contributed by atoms with Gasteiger partial charge in [0, 0.05) is 19.7 Å². The molecule has 1 aromatic carbocycles. The van der Waals surface area contributed by atoms with Crippen molar-refractivity contribution in [2.45, 2.75) is 24.8 Å². The van der Waals surface area contributed by atoms with Crippen LogP contribution in [0.3, 0.4) is 0 Å². The zero-order valence-corrected chi connectivity index (χ0v) is 12.6. The van der Waals surface area contributed by atoms with E-state index in [2.05, 4.69) is 34.9 Å². The average molecular weight is 299 g/mol. The average Bonchev–Trinajstić information content (AvgIpc) is 2.39. The first-order valence-corrected chi connectivity index (χ1v) is 6.83. The fourth-order valence-corrected chi connectivity index (χ4v) is 2.39. The lowest BCUT2D eigenvalue weighted by molar-refractivity contribution is -0.121. The molecule has 4 nitrogen and oxygen atoms in total. The molecule has 1 fully saturated rings. The van der Waals surface area contributed by atoms with Gasteiger partial charge < -0.3 is 15.4 Å². The third kappa shape index (κ3) is 5.12. The second-order valence-electron chi connectivity index (χ2n) is 5.01. The minimum Gasteiger partial charge on any atom is -0.383 e. The van der Waals surface area contributed by atoms with Crippen LogP contribution in [0.4, 0.5) is 0 Å². The Morgan fingerprint density at radius 1 is 1.30 bits per heavy atom. The highest BCUT2D eigenvalue weighted by atomic mass is 35.5. The van der Waals surface area contributed by atoms with Crippen molar-refractivity contribution in [3.05, 3.63) is 35.9 Å². The highest BCUT2D eigenvalue weighted by Crippen LogP contribution is 2.36. The molecule has 1 aliphatic rings. The molecule has 0 spiro atoms. The van der Waals surface area contributed by atoms with E-state index in [4.69, 9.17) is 4.74 Å². The minimum atomic E-state index is 0. The summed E-state index contributed by atoms with van der Waals surface area (Å²) in [7, 11) is 1.65. The summed E-state index contributed by atoms with van der Waals surface area (Å²) in [5.41, 5.74) is 1.38.